The Labute approximate surface area is 122 Å². The van der Waals surface area contributed by atoms with Gasteiger partial charge in [-0.25, -0.2) is 4.98 Å². The molecule has 1 atom stereocenters. The first kappa shape index (κ1) is 15.2. The molecule has 2 heterocycles. The topological polar surface area (TPSA) is 100 Å². The standard InChI is InChI=1S/C13H19N5O3/c1-3-15-13(19)11-7-14-4-5-17(11)12-6-9(2)10(8-16-12)18(20)21/h6,8,11,14H,3-5,7H2,1-2H3,(H,15,19). The molecule has 0 aliphatic carbocycles. The van der Waals surface area contributed by atoms with Gasteiger partial charge >= 0.3 is 0 Å². The zero-order valence-electron chi connectivity index (χ0n) is 12.1. The van der Waals surface area contributed by atoms with Gasteiger partial charge in [-0.15, -0.1) is 0 Å². The second kappa shape index (κ2) is 6.49. The van der Waals surface area contributed by atoms with Crippen LogP contribution in [-0.2, 0) is 4.79 Å². The third kappa shape index (κ3) is 3.27. The van der Waals surface area contributed by atoms with Crippen molar-refractivity contribution >= 4 is 17.4 Å². The van der Waals surface area contributed by atoms with Crippen molar-refractivity contribution in [1.82, 2.24) is 15.6 Å². The first-order chi connectivity index (χ1) is 10.0. The van der Waals surface area contributed by atoms with E-state index < -0.39 is 4.92 Å². The van der Waals surface area contributed by atoms with Crippen molar-refractivity contribution in [2.24, 2.45) is 0 Å². The van der Waals surface area contributed by atoms with Crippen molar-refractivity contribution in [3.63, 3.8) is 0 Å². The predicted molar refractivity (Wildman–Crippen MR) is 78.3 cm³/mol. The van der Waals surface area contributed by atoms with Gasteiger partial charge in [-0.3, -0.25) is 14.9 Å². The van der Waals surface area contributed by atoms with Crippen LogP contribution in [0, 0.1) is 17.0 Å². The largest absolute Gasteiger partial charge is 0.355 e. The van der Waals surface area contributed by atoms with Crippen LogP contribution >= 0.6 is 0 Å². The molecule has 1 aliphatic heterocycles. The van der Waals surface area contributed by atoms with Gasteiger partial charge in [-0.05, 0) is 19.9 Å². The van der Waals surface area contributed by atoms with Crippen LogP contribution in [0.3, 0.4) is 0 Å². The van der Waals surface area contributed by atoms with Crippen molar-refractivity contribution in [2.75, 3.05) is 31.1 Å². The summed E-state index contributed by atoms with van der Waals surface area (Å²) in [6, 6.07) is 1.31. The smallest absolute Gasteiger partial charge is 0.290 e. The van der Waals surface area contributed by atoms with Crippen molar-refractivity contribution in [3.05, 3.63) is 27.9 Å². The number of pyridine rings is 1. The van der Waals surface area contributed by atoms with Crippen LogP contribution in [0.15, 0.2) is 12.3 Å². The summed E-state index contributed by atoms with van der Waals surface area (Å²) < 4.78 is 0. The lowest BCUT2D eigenvalue weighted by molar-refractivity contribution is -0.385. The number of aryl methyl sites for hydroxylation is 1. The highest BCUT2D eigenvalue weighted by molar-refractivity contribution is 5.85. The Hall–Kier alpha value is -2.22. The van der Waals surface area contributed by atoms with E-state index in [0.29, 0.717) is 31.0 Å². The first-order valence-electron chi connectivity index (χ1n) is 6.90. The summed E-state index contributed by atoms with van der Waals surface area (Å²) in [5, 5.41) is 16.8. The molecule has 0 spiro atoms. The van der Waals surface area contributed by atoms with Crippen LogP contribution in [0.1, 0.15) is 12.5 Å². The number of rotatable bonds is 4. The molecule has 21 heavy (non-hydrogen) atoms. The third-order valence-electron chi connectivity index (χ3n) is 3.46. The molecule has 0 radical (unpaired) electrons. The van der Waals surface area contributed by atoms with Gasteiger partial charge in [0.2, 0.25) is 5.91 Å². The maximum Gasteiger partial charge on any atom is 0.290 e. The maximum absolute atomic E-state index is 12.1. The van der Waals surface area contributed by atoms with Gasteiger partial charge in [-0.2, -0.15) is 0 Å². The zero-order valence-corrected chi connectivity index (χ0v) is 12.1. The van der Waals surface area contributed by atoms with Crippen molar-refractivity contribution in [1.29, 1.82) is 0 Å². The summed E-state index contributed by atoms with van der Waals surface area (Å²) in [5.41, 5.74) is 0.529. The molecule has 1 aromatic rings. The molecule has 0 saturated carbocycles. The quantitative estimate of drug-likeness (QED) is 0.608. The van der Waals surface area contributed by atoms with Crippen molar-refractivity contribution in [2.45, 2.75) is 19.9 Å². The molecule has 1 aliphatic rings. The second-order valence-electron chi connectivity index (χ2n) is 4.89. The molecule has 114 valence electrons. The SMILES string of the molecule is CCNC(=O)C1CNCCN1c1cc(C)c([N+](=O)[O-])cn1. The molecule has 1 unspecified atom stereocenters. The van der Waals surface area contributed by atoms with Crippen LogP contribution in [0.25, 0.3) is 0 Å². The number of piperazine rings is 1. The minimum Gasteiger partial charge on any atom is -0.355 e. The Bertz CT molecular complexity index is 549. The highest BCUT2D eigenvalue weighted by Gasteiger charge is 2.29. The van der Waals surface area contributed by atoms with Crippen LogP contribution in [0.5, 0.6) is 0 Å². The number of nitrogens with one attached hydrogen (secondary N) is 2. The summed E-state index contributed by atoms with van der Waals surface area (Å²) in [7, 11) is 0. The number of amides is 1. The Balaban J connectivity index is 2.27. The van der Waals surface area contributed by atoms with E-state index in [9.17, 15) is 14.9 Å². The van der Waals surface area contributed by atoms with E-state index in [-0.39, 0.29) is 17.6 Å². The number of nitrogens with zero attached hydrogens (tertiary/aromatic N) is 3. The van der Waals surface area contributed by atoms with Gasteiger partial charge < -0.3 is 15.5 Å². The molecule has 1 aromatic heterocycles. The number of hydrogen-bond acceptors (Lipinski definition) is 6. The lowest BCUT2D eigenvalue weighted by Crippen LogP contribution is -2.58. The second-order valence-corrected chi connectivity index (χ2v) is 4.89. The molecule has 8 nitrogen and oxygen atoms in total. The fourth-order valence-electron chi connectivity index (χ4n) is 2.39. The Morgan fingerprint density at radius 2 is 2.43 bits per heavy atom. The van der Waals surface area contributed by atoms with E-state index in [1.54, 1.807) is 13.0 Å². The molecular formula is C13H19N5O3. The highest BCUT2D eigenvalue weighted by Crippen LogP contribution is 2.23. The Morgan fingerprint density at radius 3 is 3.05 bits per heavy atom. The number of hydrogen-bond donors (Lipinski definition) is 2. The lowest BCUT2D eigenvalue weighted by atomic mass is 10.1. The van der Waals surface area contributed by atoms with Crippen LogP contribution in [0.4, 0.5) is 11.5 Å². The normalized spacial score (nSPS) is 18.4. The molecule has 2 rings (SSSR count). The number of nitro groups is 1. The summed E-state index contributed by atoms with van der Waals surface area (Å²) in [6.45, 7) is 6.01. The number of carbonyl (C=O) groups excluding carboxylic acids is 1. The number of aromatic nitrogens is 1. The molecule has 1 fully saturated rings. The summed E-state index contributed by atoms with van der Waals surface area (Å²) in [6.07, 6.45) is 1.25. The lowest BCUT2D eigenvalue weighted by Gasteiger charge is -2.36. The van der Waals surface area contributed by atoms with E-state index in [1.807, 2.05) is 11.8 Å². The summed E-state index contributed by atoms with van der Waals surface area (Å²) in [4.78, 5) is 28.5. The summed E-state index contributed by atoms with van der Waals surface area (Å²) >= 11 is 0. The minimum atomic E-state index is -0.453. The van der Waals surface area contributed by atoms with Crippen LogP contribution in [0.2, 0.25) is 0 Å². The monoisotopic (exact) mass is 293 g/mol. The Morgan fingerprint density at radius 1 is 1.67 bits per heavy atom. The van der Waals surface area contributed by atoms with E-state index >= 15 is 0 Å². The van der Waals surface area contributed by atoms with Gasteiger partial charge in [-0.1, -0.05) is 0 Å². The van der Waals surface area contributed by atoms with Crippen molar-refractivity contribution < 1.29 is 9.72 Å². The predicted octanol–water partition coefficient (Wildman–Crippen LogP) is 0.213. The molecule has 1 saturated heterocycles. The average molecular weight is 293 g/mol. The van der Waals surface area contributed by atoms with Gasteiger partial charge in [0.05, 0.1) is 4.92 Å². The zero-order chi connectivity index (χ0) is 15.4. The Kier molecular flexibility index (Phi) is 4.69. The van der Waals surface area contributed by atoms with Gasteiger partial charge in [0.1, 0.15) is 18.1 Å². The molecule has 8 heteroatoms. The van der Waals surface area contributed by atoms with Crippen LogP contribution < -0.4 is 15.5 Å². The average Bonchev–Trinajstić information content (AvgIpc) is 2.47. The summed E-state index contributed by atoms with van der Waals surface area (Å²) in [5.74, 6) is 0.526. The fraction of sp³-hybridized carbons (Fsp3) is 0.538. The van der Waals surface area contributed by atoms with E-state index in [4.69, 9.17) is 0 Å². The maximum atomic E-state index is 12.1. The van der Waals surface area contributed by atoms with Gasteiger partial charge in [0, 0.05) is 31.7 Å². The van der Waals surface area contributed by atoms with Crippen molar-refractivity contribution in [3.8, 4) is 0 Å². The van der Waals surface area contributed by atoms with Gasteiger partial charge in [0.25, 0.3) is 5.69 Å². The number of likely N-dealkylation sites (N-methyl/N-ethyl adjacent to an activating group) is 1. The molecule has 0 aromatic carbocycles. The molecule has 0 bridgehead atoms. The van der Waals surface area contributed by atoms with Crippen LogP contribution in [-0.4, -0.2) is 48.0 Å². The number of anilines is 1. The third-order valence-corrected chi connectivity index (χ3v) is 3.46. The molecule has 2 N–H and O–H groups in total. The van der Waals surface area contributed by atoms with E-state index in [1.165, 1.54) is 6.20 Å². The fourth-order valence-corrected chi connectivity index (χ4v) is 2.39. The minimum absolute atomic E-state index is 0.0107. The molecular weight excluding hydrogens is 274 g/mol. The number of carbonyl (C=O) groups is 1. The van der Waals surface area contributed by atoms with Gasteiger partial charge in [0.15, 0.2) is 0 Å². The van der Waals surface area contributed by atoms with E-state index in [2.05, 4.69) is 15.6 Å². The van der Waals surface area contributed by atoms with E-state index in [0.717, 1.165) is 6.54 Å². The molecule has 1 amide bonds. The highest BCUT2D eigenvalue weighted by atomic mass is 16.6. The first-order valence-corrected chi connectivity index (χ1v) is 6.90.